The number of ether oxygens (including phenoxy) is 4. The van der Waals surface area contributed by atoms with Crippen LogP contribution in [0.1, 0.15) is 258 Å². The number of unbranched alkanes of at least 4 members (excludes halogenated alkanes) is 33. The minimum atomic E-state index is -1.79. The van der Waals surface area contributed by atoms with Gasteiger partial charge in [0.2, 0.25) is 5.91 Å². The highest BCUT2D eigenvalue weighted by Gasteiger charge is 2.51. The normalized spacial score (nSPS) is 25.1. The number of carbonyl (C=O) groups excluding carboxylic acids is 1. The Morgan fingerprint density at radius 1 is 0.474 bits per heavy atom. The number of aliphatic hydroxyl groups is 8. The molecule has 12 unspecified atom stereocenters. The molecule has 1 amide bonds. The number of amides is 1. The second-order valence-electron chi connectivity index (χ2n) is 22.2. The third kappa shape index (κ3) is 33.1. The van der Waals surface area contributed by atoms with Crippen molar-refractivity contribution in [1.82, 2.24) is 5.32 Å². The Kier molecular flexibility index (Phi) is 44.4. The van der Waals surface area contributed by atoms with Gasteiger partial charge in [-0.25, -0.2) is 0 Å². The molecule has 2 heterocycles. The Balaban J connectivity index is 1.53. The van der Waals surface area contributed by atoms with Gasteiger partial charge in [0.1, 0.15) is 48.8 Å². The van der Waals surface area contributed by atoms with Crippen molar-refractivity contribution >= 4 is 5.91 Å². The van der Waals surface area contributed by atoms with Gasteiger partial charge < -0.3 is 65.1 Å². The first-order valence-corrected chi connectivity index (χ1v) is 31.2. The molecule has 0 aromatic rings. The maximum atomic E-state index is 13.2. The molecular weight excluding hydrogens is 967 g/mol. The van der Waals surface area contributed by atoms with Gasteiger partial charge in [0, 0.05) is 6.42 Å². The second kappa shape index (κ2) is 48.0. The third-order valence-electron chi connectivity index (χ3n) is 15.3. The number of hydrogen-bond donors (Lipinski definition) is 9. The number of nitrogens with one attached hydrogen (secondary N) is 1. The lowest BCUT2D eigenvalue weighted by Crippen LogP contribution is -2.65. The average molecular weight is 1080 g/mol. The topological polar surface area (TPSA) is 228 Å². The maximum absolute atomic E-state index is 13.2. The smallest absolute Gasteiger partial charge is 0.220 e. The van der Waals surface area contributed by atoms with Crippen molar-refractivity contribution < 1.29 is 64.6 Å². The van der Waals surface area contributed by atoms with E-state index in [1.807, 2.05) is 6.08 Å². The largest absolute Gasteiger partial charge is 0.394 e. The molecule has 446 valence electrons. The van der Waals surface area contributed by atoms with E-state index in [2.05, 4.69) is 43.5 Å². The molecule has 2 aliphatic heterocycles. The molecule has 0 aromatic carbocycles. The zero-order valence-corrected chi connectivity index (χ0v) is 48.0. The van der Waals surface area contributed by atoms with Crippen molar-refractivity contribution in [3.8, 4) is 0 Å². The van der Waals surface area contributed by atoms with Crippen LogP contribution in [0.4, 0.5) is 0 Å². The first kappa shape index (κ1) is 70.3. The van der Waals surface area contributed by atoms with Crippen LogP contribution in [0.5, 0.6) is 0 Å². The van der Waals surface area contributed by atoms with Gasteiger partial charge in [-0.3, -0.25) is 4.79 Å². The van der Waals surface area contributed by atoms with Gasteiger partial charge in [-0.1, -0.05) is 237 Å². The van der Waals surface area contributed by atoms with E-state index in [9.17, 15) is 45.6 Å². The Labute approximate surface area is 461 Å². The molecule has 14 nitrogen and oxygen atoms in total. The van der Waals surface area contributed by atoms with E-state index < -0.39 is 86.8 Å². The van der Waals surface area contributed by atoms with E-state index in [0.717, 1.165) is 57.8 Å². The monoisotopic (exact) mass is 1080 g/mol. The summed E-state index contributed by atoms with van der Waals surface area (Å²) in [6, 6.07) is -0.909. The molecule has 12 atom stereocenters. The molecule has 0 aliphatic carbocycles. The molecule has 2 aliphatic rings. The van der Waals surface area contributed by atoms with Crippen LogP contribution in [0.2, 0.25) is 0 Å². The fourth-order valence-electron chi connectivity index (χ4n) is 10.3. The molecule has 2 rings (SSSR count). The Morgan fingerprint density at radius 2 is 0.868 bits per heavy atom. The standard InChI is InChI=1S/C62H115NO13/c1-3-5-7-9-11-12-13-14-15-16-17-18-19-20-21-22-23-24-25-26-27-28-29-30-31-32-33-34-35-36-37-38-40-42-44-46-54(67)63-50(51(66)45-43-41-39-10-8-6-4-2)49-73-61-59(72)57(70)60(53(48-65)75-61)76-62-58(71)56(69)55(68)52(47-64)74-62/h13-14,16-17,43,45,50-53,55-62,64-66,68-72H,3-12,15,18-42,44,46-49H2,1-2H3,(H,63,67)/b14-13-,17-16-,45-43+. The molecule has 0 bridgehead atoms. The van der Waals surface area contributed by atoms with Crippen LogP contribution in [0, 0.1) is 0 Å². The molecule has 0 aromatic heterocycles. The van der Waals surface area contributed by atoms with Gasteiger partial charge in [0.25, 0.3) is 0 Å². The highest BCUT2D eigenvalue weighted by Crippen LogP contribution is 2.30. The Hall–Kier alpha value is -1.79. The fraction of sp³-hybridized carbons (Fsp3) is 0.887. The number of rotatable bonds is 50. The van der Waals surface area contributed by atoms with Crippen LogP contribution < -0.4 is 5.32 Å². The lowest BCUT2D eigenvalue weighted by atomic mass is 9.97. The summed E-state index contributed by atoms with van der Waals surface area (Å²) in [5.41, 5.74) is 0. The summed E-state index contributed by atoms with van der Waals surface area (Å²) in [6.07, 6.45) is 42.6. The molecule has 2 saturated heterocycles. The minimum absolute atomic E-state index is 0.240. The predicted octanol–water partition coefficient (Wildman–Crippen LogP) is 11.0. The SMILES string of the molecule is CCCCCCC/C=C\C/C=C\CCCCCCCCCCCCCCCCCCCCCCCCCC(=O)NC(COC1OC(CO)C(OC2OC(CO)C(O)C(O)C2O)C(O)C1O)C(O)/C=C/CCCCCCC. The molecule has 14 heteroatoms. The quantitative estimate of drug-likeness (QED) is 0.0204. The lowest BCUT2D eigenvalue weighted by Gasteiger charge is -2.46. The third-order valence-corrected chi connectivity index (χ3v) is 15.3. The van der Waals surface area contributed by atoms with Gasteiger partial charge in [-0.2, -0.15) is 0 Å². The van der Waals surface area contributed by atoms with E-state index in [4.69, 9.17) is 18.9 Å². The minimum Gasteiger partial charge on any atom is -0.394 e. The van der Waals surface area contributed by atoms with Crippen LogP contribution in [-0.4, -0.2) is 140 Å². The van der Waals surface area contributed by atoms with E-state index in [1.54, 1.807) is 6.08 Å². The zero-order valence-electron chi connectivity index (χ0n) is 48.0. The van der Waals surface area contributed by atoms with Crippen LogP contribution in [0.15, 0.2) is 36.5 Å². The van der Waals surface area contributed by atoms with Gasteiger partial charge >= 0.3 is 0 Å². The molecule has 76 heavy (non-hydrogen) atoms. The van der Waals surface area contributed by atoms with Crippen molar-refractivity contribution in [3.63, 3.8) is 0 Å². The Morgan fingerprint density at radius 3 is 1.32 bits per heavy atom. The van der Waals surface area contributed by atoms with Gasteiger partial charge in [-0.15, -0.1) is 0 Å². The average Bonchev–Trinajstić information content (AvgIpc) is 3.42. The maximum Gasteiger partial charge on any atom is 0.220 e. The first-order chi connectivity index (χ1) is 37.1. The van der Waals surface area contributed by atoms with Gasteiger partial charge in [0.05, 0.1) is 32.0 Å². The summed E-state index contributed by atoms with van der Waals surface area (Å²) < 4.78 is 22.7. The van der Waals surface area contributed by atoms with Crippen molar-refractivity contribution in [2.75, 3.05) is 19.8 Å². The van der Waals surface area contributed by atoms with Crippen molar-refractivity contribution in [2.24, 2.45) is 0 Å². The summed E-state index contributed by atoms with van der Waals surface area (Å²) in [5, 5.41) is 86.6. The lowest BCUT2D eigenvalue weighted by molar-refractivity contribution is -0.359. The van der Waals surface area contributed by atoms with E-state index in [0.29, 0.717) is 6.42 Å². The second-order valence-corrected chi connectivity index (χ2v) is 22.2. The highest BCUT2D eigenvalue weighted by molar-refractivity contribution is 5.76. The zero-order chi connectivity index (χ0) is 55.3. The Bertz CT molecular complexity index is 1410. The van der Waals surface area contributed by atoms with Gasteiger partial charge in [-0.05, 0) is 51.4 Å². The van der Waals surface area contributed by atoms with Crippen molar-refractivity contribution in [1.29, 1.82) is 0 Å². The summed E-state index contributed by atoms with van der Waals surface area (Å²) in [6.45, 7) is 2.73. The number of hydrogen-bond acceptors (Lipinski definition) is 13. The summed E-state index contributed by atoms with van der Waals surface area (Å²) in [7, 11) is 0. The summed E-state index contributed by atoms with van der Waals surface area (Å²) in [5.74, 6) is -0.240. The van der Waals surface area contributed by atoms with Crippen LogP contribution in [-0.2, 0) is 23.7 Å². The van der Waals surface area contributed by atoms with E-state index in [1.165, 1.54) is 173 Å². The molecule has 0 saturated carbocycles. The fourth-order valence-corrected chi connectivity index (χ4v) is 10.3. The van der Waals surface area contributed by atoms with Crippen LogP contribution >= 0.6 is 0 Å². The highest BCUT2D eigenvalue weighted by atomic mass is 16.7. The summed E-state index contributed by atoms with van der Waals surface area (Å²) in [4.78, 5) is 13.2. The predicted molar refractivity (Wildman–Crippen MR) is 305 cm³/mol. The van der Waals surface area contributed by atoms with Gasteiger partial charge in [0.15, 0.2) is 12.6 Å². The van der Waals surface area contributed by atoms with E-state index >= 15 is 0 Å². The van der Waals surface area contributed by atoms with Crippen molar-refractivity contribution in [2.45, 2.75) is 331 Å². The van der Waals surface area contributed by atoms with Crippen LogP contribution in [0.3, 0.4) is 0 Å². The molecule has 0 spiro atoms. The number of allylic oxidation sites excluding steroid dienone is 5. The van der Waals surface area contributed by atoms with E-state index in [-0.39, 0.29) is 18.9 Å². The molecule has 0 radical (unpaired) electrons. The molecule has 9 N–H and O–H groups in total. The number of carbonyl (C=O) groups is 1. The number of aliphatic hydroxyl groups excluding tert-OH is 8. The van der Waals surface area contributed by atoms with Crippen LogP contribution in [0.25, 0.3) is 0 Å². The van der Waals surface area contributed by atoms with Crippen molar-refractivity contribution in [3.05, 3.63) is 36.5 Å². The molecule has 2 fully saturated rings. The summed E-state index contributed by atoms with van der Waals surface area (Å²) >= 11 is 0. The first-order valence-electron chi connectivity index (χ1n) is 31.2. The molecular formula is C62H115NO13.